The highest BCUT2D eigenvalue weighted by Gasteiger charge is 2.38. The standard InChI is InChI=1S/C14H18FNO2/c1-4-10-16-14(3,13(17)18-5-2)11-8-6-7-9-12(11)15/h4,6-9,16H,1,5,10H2,2-3H3. The molecule has 0 amide bonds. The number of nitrogens with one attached hydrogen (secondary N) is 1. The molecule has 0 fully saturated rings. The van der Waals surface area contributed by atoms with Crippen LogP contribution in [0.5, 0.6) is 0 Å². The number of halogens is 1. The van der Waals surface area contributed by atoms with Crippen LogP contribution in [0.25, 0.3) is 0 Å². The normalized spacial score (nSPS) is 13.7. The molecule has 4 heteroatoms. The molecule has 1 atom stereocenters. The van der Waals surface area contributed by atoms with Gasteiger partial charge in [-0.05, 0) is 19.9 Å². The fourth-order valence-electron chi connectivity index (χ4n) is 1.70. The highest BCUT2D eigenvalue weighted by molar-refractivity contribution is 5.82. The number of rotatable bonds is 6. The molecule has 0 saturated carbocycles. The molecule has 98 valence electrons. The Bertz CT molecular complexity index is 434. The maximum absolute atomic E-state index is 13.8. The summed E-state index contributed by atoms with van der Waals surface area (Å²) in [6.07, 6.45) is 1.61. The van der Waals surface area contributed by atoms with E-state index in [-0.39, 0.29) is 12.2 Å². The third kappa shape index (κ3) is 2.96. The summed E-state index contributed by atoms with van der Waals surface area (Å²) in [5, 5.41) is 2.95. The van der Waals surface area contributed by atoms with Crippen molar-refractivity contribution in [2.45, 2.75) is 19.4 Å². The van der Waals surface area contributed by atoms with Crippen molar-refractivity contribution in [1.82, 2.24) is 5.32 Å². The molecule has 0 heterocycles. The van der Waals surface area contributed by atoms with Gasteiger partial charge in [0, 0.05) is 12.1 Å². The fourth-order valence-corrected chi connectivity index (χ4v) is 1.70. The smallest absolute Gasteiger partial charge is 0.330 e. The van der Waals surface area contributed by atoms with Crippen molar-refractivity contribution >= 4 is 5.97 Å². The van der Waals surface area contributed by atoms with Gasteiger partial charge in [-0.2, -0.15) is 0 Å². The van der Waals surface area contributed by atoms with Crippen LogP contribution in [0, 0.1) is 5.82 Å². The van der Waals surface area contributed by atoms with Crippen LogP contribution in [0.3, 0.4) is 0 Å². The molecule has 3 nitrogen and oxygen atoms in total. The van der Waals surface area contributed by atoms with Crippen LogP contribution in [-0.4, -0.2) is 19.1 Å². The molecule has 0 saturated heterocycles. The van der Waals surface area contributed by atoms with E-state index in [1.807, 2.05) is 0 Å². The minimum Gasteiger partial charge on any atom is -0.464 e. The molecule has 1 N–H and O–H groups in total. The number of ether oxygens (including phenoxy) is 1. The Morgan fingerprint density at radius 2 is 2.22 bits per heavy atom. The molecular weight excluding hydrogens is 233 g/mol. The minimum absolute atomic E-state index is 0.249. The van der Waals surface area contributed by atoms with E-state index in [9.17, 15) is 9.18 Å². The van der Waals surface area contributed by atoms with E-state index >= 15 is 0 Å². The predicted octanol–water partition coefficient (Wildman–Crippen LogP) is 2.38. The van der Waals surface area contributed by atoms with Crippen molar-refractivity contribution in [2.75, 3.05) is 13.2 Å². The van der Waals surface area contributed by atoms with E-state index in [1.165, 1.54) is 6.07 Å². The first kappa shape index (κ1) is 14.4. The van der Waals surface area contributed by atoms with Crippen molar-refractivity contribution in [3.63, 3.8) is 0 Å². The Morgan fingerprint density at radius 1 is 1.56 bits per heavy atom. The topological polar surface area (TPSA) is 38.3 Å². The zero-order chi connectivity index (χ0) is 13.6. The second-order valence-corrected chi connectivity index (χ2v) is 3.99. The molecule has 1 unspecified atom stereocenters. The zero-order valence-corrected chi connectivity index (χ0v) is 10.7. The van der Waals surface area contributed by atoms with Crippen LogP contribution in [-0.2, 0) is 15.1 Å². The third-order valence-electron chi connectivity index (χ3n) is 2.70. The van der Waals surface area contributed by atoms with Gasteiger partial charge < -0.3 is 4.74 Å². The lowest BCUT2D eigenvalue weighted by molar-refractivity contribution is -0.151. The number of carbonyl (C=O) groups excluding carboxylic acids is 1. The molecule has 0 aliphatic carbocycles. The Hall–Kier alpha value is -1.68. The van der Waals surface area contributed by atoms with Crippen LogP contribution in [0.15, 0.2) is 36.9 Å². The van der Waals surface area contributed by atoms with Gasteiger partial charge in [-0.3, -0.25) is 5.32 Å². The summed E-state index contributed by atoms with van der Waals surface area (Å²) in [7, 11) is 0. The van der Waals surface area contributed by atoms with Gasteiger partial charge in [-0.1, -0.05) is 24.3 Å². The first-order valence-electron chi connectivity index (χ1n) is 5.84. The van der Waals surface area contributed by atoms with Crippen molar-refractivity contribution < 1.29 is 13.9 Å². The van der Waals surface area contributed by atoms with E-state index in [2.05, 4.69) is 11.9 Å². The number of hydrogen-bond donors (Lipinski definition) is 1. The molecule has 1 aromatic carbocycles. The predicted molar refractivity (Wildman–Crippen MR) is 68.6 cm³/mol. The third-order valence-corrected chi connectivity index (χ3v) is 2.70. The lowest BCUT2D eigenvalue weighted by Crippen LogP contribution is -2.48. The first-order chi connectivity index (χ1) is 8.56. The summed E-state index contributed by atoms with van der Waals surface area (Å²) < 4.78 is 18.9. The number of esters is 1. The number of hydrogen-bond acceptors (Lipinski definition) is 3. The van der Waals surface area contributed by atoms with Crippen molar-refractivity contribution in [1.29, 1.82) is 0 Å². The Labute approximate surface area is 107 Å². The number of carbonyl (C=O) groups is 1. The lowest BCUT2D eigenvalue weighted by atomic mass is 9.91. The molecule has 0 aliphatic heterocycles. The minimum atomic E-state index is -1.21. The molecule has 0 aliphatic rings. The summed E-state index contributed by atoms with van der Waals surface area (Å²) >= 11 is 0. The highest BCUT2D eigenvalue weighted by atomic mass is 19.1. The van der Waals surface area contributed by atoms with Gasteiger partial charge >= 0.3 is 5.97 Å². The van der Waals surface area contributed by atoms with Gasteiger partial charge in [0.05, 0.1) is 6.61 Å². The summed E-state index contributed by atoms with van der Waals surface area (Å²) in [6, 6.07) is 6.16. The summed E-state index contributed by atoms with van der Waals surface area (Å²) in [4.78, 5) is 12.0. The summed E-state index contributed by atoms with van der Waals surface area (Å²) in [5.74, 6) is -0.943. The molecule has 0 aromatic heterocycles. The molecule has 1 rings (SSSR count). The van der Waals surface area contributed by atoms with Gasteiger partial charge in [0.25, 0.3) is 0 Å². The molecular formula is C14H18FNO2. The van der Waals surface area contributed by atoms with Crippen LogP contribution in [0.4, 0.5) is 4.39 Å². The van der Waals surface area contributed by atoms with Crippen molar-refractivity contribution in [3.8, 4) is 0 Å². The van der Waals surface area contributed by atoms with E-state index in [0.29, 0.717) is 6.54 Å². The second-order valence-electron chi connectivity index (χ2n) is 3.99. The van der Waals surface area contributed by atoms with E-state index in [1.54, 1.807) is 38.1 Å². The van der Waals surface area contributed by atoms with Crippen molar-refractivity contribution in [3.05, 3.63) is 48.3 Å². The molecule has 18 heavy (non-hydrogen) atoms. The van der Waals surface area contributed by atoms with Gasteiger partial charge in [0.1, 0.15) is 11.4 Å². The average molecular weight is 251 g/mol. The fraction of sp³-hybridized carbons (Fsp3) is 0.357. The van der Waals surface area contributed by atoms with Crippen LogP contribution in [0.1, 0.15) is 19.4 Å². The van der Waals surface area contributed by atoms with Gasteiger partial charge in [0.2, 0.25) is 0 Å². The maximum atomic E-state index is 13.8. The van der Waals surface area contributed by atoms with Gasteiger partial charge in [-0.25, -0.2) is 9.18 Å². The van der Waals surface area contributed by atoms with Gasteiger partial charge in [-0.15, -0.1) is 6.58 Å². The number of benzene rings is 1. The van der Waals surface area contributed by atoms with E-state index in [4.69, 9.17) is 4.74 Å². The molecule has 1 aromatic rings. The average Bonchev–Trinajstić information content (AvgIpc) is 2.36. The zero-order valence-electron chi connectivity index (χ0n) is 10.7. The summed E-state index contributed by atoms with van der Waals surface area (Å²) in [6.45, 7) is 7.52. The Kier molecular flexibility index (Phi) is 5.04. The second kappa shape index (κ2) is 6.31. The van der Waals surface area contributed by atoms with Gasteiger partial charge in [0.15, 0.2) is 0 Å². The SMILES string of the molecule is C=CCNC(C)(C(=O)OCC)c1ccccc1F. The first-order valence-corrected chi connectivity index (χ1v) is 5.84. The molecule has 0 spiro atoms. The summed E-state index contributed by atoms with van der Waals surface area (Å²) in [5.41, 5.74) is -0.944. The lowest BCUT2D eigenvalue weighted by Gasteiger charge is -2.28. The van der Waals surface area contributed by atoms with Crippen molar-refractivity contribution in [2.24, 2.45) is 0 Å². The van der Waals surface area contributed by atoms with Crippen LogP contribution >= 0.6 is 0 Å². The highest BCUT2D eigenvalue weighted by Crippen LogP contribution is 2.25. The quantitative estimate of drug-likeness (QED) is 0.623. The van der Waals surface area contributed by atoms with E-state index in [0.717, 1.165) is 0 Å². The maximum Gasteiger partial charge on any atom is 0.330 e. The van der Waals surface area contributed by atoms with Crippen LogP contribution < -0.4 is 5.32 Å². The molecule has 0 radical (unpaired) electrons. The monoisotopic (exact) mass is 251 g/mol. The Balaban J connectivity index is 3.15. The molecule has 0 bridgehead atoms. The van der Waals surface area contributed by atoms with Crippen LogP contribution in [0.2, 0.25) is 0 Å². The Morgan fingerprint density at radius 3 is 2.78 bits per heavy atom. The van der Waals surface area contributed by atoms with E-state index < -0.39 is 17.3 Å². The largest absolute Gasteiger partial charge is 0.464 e.